The van der Waals surface area contributed by atoms with Gasteiger partial charge < -0.3 is 4.90 Å². The number of carbonyl (C=O) groups excluding carboxylic acids is 2. The van der Waals surface area contributed by atoms with Crippen molar-refractivity contribution in [1.82, 2.24) is 15.3 Å². The van der Waals surface area contributed by atoms with Crippen LogP contribution >= 0.6 is 0 Å². The van der Waals surface area contributed by atoms with E-state index in [0.29, 0.717) is 12.1 Å². The van der Waals surface area contributed by atoms with Gasteiger partial charge in [0, 0.05) is 37.3 Å². The number of likely N-dealkylation sites (tertiary alicyclic amines) is 2. The van der Waals surface area contributed by atoms with Crippen LogP contribution in [0.25, 0.3) is 12.2 Å². The van der Waals surface area contributed by atoms with E-state index in [4.69, 9.17) is 5.21 Å². The first kappa shape index (κ1) is 16.4. The van der Waals surface area contributed by atoms with Crippen molar-refractivity contribution in [1.29, 1.82) is 0 Å². The lowest BCUT2D eigenvalue weighted by atomic mass is 10.1. The fraction of sp³-hybridized carbons (Fsp3) is 0.333. The van der Waals surface area contributed by atoms with Gasteiger partial charge in [-0.1, -0.05) is 18.2 Å². The maximum Gasteiger partial charge on any atom is 0.267 e. The van der Waals surface area contributed by atoms with Gasteiger partial charge in [-0.3, -0.25) is 19.7 Å². The number of benzene rings is 1. The Morgan fingerprint density at radius 2 is 1.88 bits per heavy atom. The molecule has 126 valence electrons. The van der Waals surface area contributed by atoms with Crippen molar-refractivity contribution in [3.05, 3.63) is 47.5 Å². The third-order valence-electron chi connectivity index (χ3n) is 4.66. The van der Waals surface area contributed by atoms with Gasteiger partial charge in [0.05, 0.1) is 0 Å². The van der Waals surface area contributed by atoms with Gasteiger partial charge in [-0.2, -0.15) is 0 Å². The zero-order chi connectivity index (χ0) is 17.1. The Morgan fingerprint density at radius 1 is 1.17 bits per heavy atom. The van der Waals surface area contributed by atoms with Crippen LogP contribution in [0, 0.1) is 0 Å². The van der Waals surface area contributed by atoms with E-state index in [1.165, 1.54) is 6.08 Å². The Labute approximate surface area is 141 Å². The highest BCUT2D eigenvalue weighted by Crippen LogP contribution is 2.29. The van der Waals surface area contributed by atoms with Crippen molar-refractivity contribution in [3.8, 4) is 0 Å². The molecule has 6 nitrogen and oxygen atoms in total. The first-order valence-electron chi connectivity index (χ1n) is 7.98. The minimum absolute atomic E-state index is 0.0520. The molecule has 0 aliphatic carbocycles. The van der Waals surface area contributed by atoms with Gasteiger partial charge in [0.15, 0.2) is 0 Å². The smallest absolute Gasteiger partial charge is 0.267 e. The number of likely N-dealkylation sites (N-methyl/N-ethyl adjacent to an activating group) is 1. The topological polar surface area (TPSA) is 72.9 Å². The molecule has 2 bridgehead atoms. The summed E-state index contributed by atoms with van der Waals surface area (Å²) in [6.45, 7) is 1.76. The Bertz CT molecular complexity index is 697. The molecular formula is C18H21N3O3. The number of hydrogen-bond donors (Lipinski definition) is 2. The number of carbonyl (C=O) groups is 2. The molecule has 0 spiro atoms. The Kier molecular flexibility index (Phi) is 4.78. The van der Waals surface area contributed by atoms with Crippen LogP contribution in [-0.2, 0) is 9.59 Å². The highest BCUT2D eigenvalue weighted by atomic mass is 16.5. The molecule has 2 aliphatic heterocycles. The number of hydroxylamine groups is 1. The molecule has 2 saturated heterocycles. The summed E-state index contributed by atoms with van der Waals surface area (Å²) >= 11 is 0. The van der Waals surface area contributed by atoms with Crippen molar-refractivity contribution in [2.75, 3.05) is 20.1 Å². The predicted octanol–water partition coefficient (Wildman–Crippen LogP) is 1.13. The summed E-state index contributed by atoms with van der Waals surface area (Å²) in [5.41, 5.74) is 3.24. The number of amides is 2. The molecule has 2 fully saturated rings. The molecule has 24 heavy (non-hydrogen) atoms. The number of nitrogens with zero attached hydrogens (tertiary/aromatic N) is 2. The van der Waals surface area contributed by atoms with Crippen molar-refractivity contribution in [2.24, 2.45) is 0 Å². The molecule has 0 saturated carbocycles. The summed E-state index contributed by atoms with van der Waals surface area (Å²) in [5, 5.41) is 8.47. The summed E-state index contributed by atoms with van der Waals surface area (Å²) in [4.78, 5) is 27.7. The maximum absolute atomic E-state index is 12.4. The van der Waals surface area contributed by atoms with Crippen molar-refractivity contribution < 1.29 is 14.8 Å². The number of piperazine rings is 1. The fourth-order valence-corrected chi connectivity index (χ4v) is 3.37. The average Bonchev–Trinajstić information content (AvgIpc) is 3.17. The number of rotatable bonds is 4. The molecule has 2 amide bonds. The second kappa shape index (κ2) is 6.98. The van der Waals surface area contributed by atoms with Crippen LogP contribution in [0.1, 0.15) is 17.5 Å². The normalized spacial score (nSPS) is 23.5. The first-order valence-corrected chi connectivity index (χ1v) is 7.98. The lowest BCUT2D eigenvalue weighted by molar-refractivity contribution is -0.128. The van der Waals surface area contributed by atoms with E-state index in [9.17, 15) is 9.59 Å². The molecule has 1 aromatic rings. The second-order valence-corrected chi connectivity index (χ2v) is 6.29. The van der Waals surface area contributed by atoms with Crippen LogP contribution in [0.15, 0.2) is 36.4 Å². The van der Waals surface area contributed by atoms with Gasteiger partial charge >= 0.3 is 0 Å². The van der Waals surface area contributed by atoms with Crippen LogP contribution in [0.2, 0.25) is 0 Å². The van der Waals surface area contributed by atoms with Crippen LogP contribution in [0.5, 0.6) is 0 Å². The van der Waals surface area contributed by atoms with Gasteiger partial charge in [0.1, 0.15) is 0 Å². The molecule has 2 unspecified atom stereocenters. The minimum Gasteiger partial charge on any atom is -0.333 e. The van der Waals surface area contributed by atoms with E-state index >= 15 is 0 Å². The van der Waals surface area contributed by atoms with Crippen LogP contribution in [-0.4, -0.2) is 59.0 Å². The summed E-state index contributed by atoms with van der Waals surface area (Å²) < 4.78 is 0. The van der Waals surface area contributed by atoms with Crippen LogP contribution in [0.4, 0.5) is 0 Å². The van der Waals surface area contributed by atoms with Crippen LogP contribution < -0.4 is 5.48 Å². The van der Waals surface area contributed by atoms with E-state index < -0.39 is 5.91 Å². The monoisotopic (exact) mass is 327 g/mol. The van der Waals surface area contributed by atoms with Gasteiger partial charge in [-0.15, -0.1) is 0 Å². The molecule has 1 aromatic carbocycles. The lowest BCUT2D eigenvalue weighted by Crippen LogP contribution is -2.46. The summed E-state index contributed by atoms with van der Waals surface area (Å²) in [7, 11) is 2.11. The number of fused-ring (bicyclic) bond motifs is 2. The maximum atomic E-state index is 12.4. The molecule has 3 rings (SSSR count). The Balaban J connectivity index is 1.63. The Morgan fingerprint density at radius 3 is 2.46 bits per heavy atom. The highest BCUT2D eigenvalue weighted by Gasteiger charge is 2.42. The quantitative estimate of drug-likeness (QED) is 0.494. The van der Waals surface area contributed by atoms with E-state index in [2.05, 4.69) is 11.9 Å². The fourth-order valence-electron chi connectivity index (χ4n) is 3.37. The van der Waals surface area contributed by atoms with E-state index in [1.54, 1.807) is 23.7 Å². The molecule has 6 heteroatoms. The highest BCUT2D eigenvalue weighted by molar-refractivity contribution is 5.93. The molecule has 2 aliphatic rings. The van der Waals surface area contributed by atoms with Gasteiger partial charge in [0.25, 0.3) is 5.91 Å². The zero-order valence-electron chi connectivity index (χ0n) is 13.6. The molecule has 0 radical (unpaired) electrons. The number of nitrogens with one attached hydrogen (secondary N) is 1. The average molecular weight is 327 g/mol. The predicted molar refractivity (Wildman–Crippen MR) is 91.0 cm³/mol. The third-order valence-corrected chi connectivity index (χ3v) is 4.66. The van der Waals surface area contributed by atoms with E-state index in [1.807, 2.05) is 29.2 Å². The Hall–Kier alpha value is -2.44. The molecule has 2 heterocycles. The summed E-state index contributed by atoms with van der Waals surface area (Å²) in [6.07, 6.45) is 7.32. The standard InChI is InChI=1S/C18H21N3O3/c1-20-11-16-10-15(20)12-21(16)18(23)8-6-14-4-2-3-13(9-14)5-7-17(22)19-24/h2-9,15-16,24H,10-12H2,1H3,(H,19,22)/b7-5+,8-6+. The number of hydrogen-bond acceptors (Lipinski definition) is 4. The van der Waals surface area contributed by atoms with Gasteiger partial charge in [0.2, 0.25) is 5.91 Å². The van der Waals surface area contributed by atoms with Crippen molar-refractivity contribution in [3.63, 3.8) is 0 Å². The van der Waals surface area contributed by atoms with Gasteiger partial charge in [-0.05, 0) is 42.8 Å². The van der Waals surface area contributed by atoms with E-state index in [-0.39, 0.29) is 5.91 Å². The van der Waals surface area contributed by atoms with E-state index in [0.717, 1.165) is 30.6 Å². The molecule has 0 aromatic heterocycles. The SMILES string of the molecule is CN1CC2CC1CN2C(=O)/C=C/c1cccc(/C=C/C(=O)NO)c1. The summed E-state index contributed by atoms with van der Waals surface area (Å²) in [6, 6.07) is 8.30. The summed E-state index contributed by atoms with van der Waals surface area (Å²) in [5.74, 6) is -0.531. The zero-order valence-corrected chi connectivity index (χ0v) is 13.6. The lowest BCUT2D eigenvalue weighted by Gasteiger charge is -2.31. The minimum atomic E-state index is -0.583. The first-order chi connectivity index (χ1) is 11.6. The largest absolute Gasteiger partial charge is 0.333 e. The third kappa shape index (κ3) is 3.55. The molecule has 2 N–H and O–H groups in total. The molecular weight excluding hydrogens is 306 g/mol. The van der Waals surface area contributed by atoms with Gasteiger partial charge in [-0.25, -0.2) is 5.48 Å². The molecule has 2 atom stereocenters. The van der Waals surface area contributed by atoms with Crippen LogP contribution in [0.3, 0.4) is 0 Å². The second-order valence-electron chi connectivity index (χ2n) is 6.29. The van der Waals surface area contributed by atoms with Crippen molar-refractivity contribution in [2.45, 2.75) is 18.5 Å². The van der Waals surface area contributed by atoms with Crippen molar-refractivity contribution >= 4 is 24.0 Å².